The van der Waals surface area contributed by atoms with Crippen molar-refractivity contribution in [3.8, 4) is 0 Å². The van der Waals surface area contributed by atoms with Crippen LogP contribution in [0.3, 0.4) is 0 Å². The number of rotatable bonds is 4. The molecule has 22 heavy (non-hydrogen) atoms. The second-order valence-corrected chi connectivity index (χ2v) is 7.02. The zero-order valence-electron chi connectivity index (χ0n) is 12.3. The zero-order valence-corrected chi connectivity index (χ0v) is 13.1. The van der Waals surface area contributed by atoms with Gasteiger partial charge in [-0.1, -0.05) is 36.4 Å². The first-order valence-electron chi connectivity index (χ1n) is 7.55. The minimum atomic E-state index is -0.110. The van der Waals surface area contributed by atoms with E-state index in [0.717, 1.165) is 18.5 Å². The molecule has 0 radical (unpaired) electrons. The smallest absolute Gasteiger partial charge is 0.229 e. The Kier molecular flexibility index (Phi) is 4.80. The molecule has 0 saturated heterocycles. The highest BCUT2D eigenvalue weighted by molar-refractivity contribution is 8.00. The molecule has 3 rings (SSSR count). The van der Waals surface area contributed by atoms with Crippen LogP contribution in [-0.4, -0.2) is 17.2 Å². The molecule has 0 bridgehead atoms. The Hall–Kier alpha value is -1.78. The van der Waals surface area contributed by atoms with E-state index in [1.807, 2.05) is 60.3 Å². The quantitative estimate of drug-likeness (QED) is 0.908. The van der Waals surface area contributed by atoms with Gasteiger partial charge in [0.1, 0.15) is 0 Å². The maximum absolute atomic E-state index is 12.4. The first-order valence-corrected chi connectivity index (χ1v) is 8.43. The van der Waals surface area contributed by atoms with Gasteiger partial charge in [0.05, 0.1) is 5.92 Å². The third kappa shape index (κ3) is 3.70. The van der Waals surface area contributed by atoms with Crippen molar-refractivity contribution in [3.05, 3.63) is 60.7 Å². The van der Waals surface area contributed by atoms with Crippen molar-refractivity contribution in [2.24, 2.45) is 11.7 Å². The highest BCUT2D eigenvalue weighted by Crippen LogP contribution is 2.37. The van der Waals surface area contributed by atoms with Gasteiger partial charge in [-0.15, -0.1) is 11.8 Å². The number of anilines is 1. The number of nitrogens with two attached hydrogens (primary N) is 1. The van der Waals surface area contributed by atoms with E-state index in [1.165, 1.54) is 4.90 Å². The lowest BCUT2D eigenvalue weighted by molar-refractivity contribution is -0.120. The average Bonchev–Trinajstić information content (AvgIpc) is 2.90. The van der Waals surface area contributed by atoms with Crippen LogP contribution in [0.25, 0.3) is 0 Å². The number of hydrogen-bond donors (Lipinski definition) is 2. The number of hydrogen-bond acceptors (Lipinski definition) is 3. The molecule has 114 valence electrons. The molecular weight excluding hydrogens is 292 g/mol. The third-order valence-electron chi connectivity index (χ3n) is 3.99. The number of carbonyl (C=O) groups is 1. The van der Waals surface area contributed by atoms with Crippen LogP contribution in [0, 0.1) is 5.92 Å². The van der Waals surface area contributed by atoms with E-state index in [2.05, 4.69) is 17.4 Å². The van der Waals surface area contributed by atoms with Crippen molar-refractivity contribution < 1.29 is 4.79 Å². The monoisotopic (exact) mass is 312 g/mol. The van der Waals surface area contributed by atoms with Crippen LogP contribution in [0.2, 0.25) is 0 Å². The maximum Gasteiger partial charge on any atom is 0.229 e. The average molecular weight is 312 g/mol. The Bertz CT molecular complexity index is 617. The minimum Gasteiger partial charge on any atom is -0.327 e. The van der Waals surface area contributed by atoms with Gasteiger partial charge >= 0.3 is 0 Å². The number of nitrogens with one attached hydrogen (secondary N) is 1. The first-order chi connectivity index (χ1) is 10.7. The van der Waals surface area contributed by atoms with Crippen LogP contribution >= 0.6 is 11.8 Å². The SMILES string of the molecule is NC1CC(Sc2ccccc2)CC1C(=O)Nc1ccccc1. The fraction of sp³-hybridized carbons (Fsp3) is 0.278. The molecule has 2 aromatic rings. The Morgan fingerprint density at radius 2 is 1.64 bits per heavy atom. The topological polar surface area (TPSA) is 55.1 Å². The van der Waals surface area contributed by atoms with Crippen LogP contribution in [0.4, 0.5) is 5.69 Å². The number of thioether (sulfide) groups is 1. The van der Waals surface area contributed by atoms with Crippen LogP contribution in [0.1, 0.15) is 12.8 Å². The second kappa shape index (κ2) is 6.99. The number of carbonyl (C=O) groups excluding carboxylic acids is 1. The summed E-state index contributed by atoms with van der Waals surface area (Å²) in [7, 11) is 0. The number of amides is 1. The van der Waals surface area contributed by atoms with Gasteiger partial charge in [-0.25, -0.2) is 0 Å². The van der Waals surface area contributed by atoms with E-state index < -0.39 is 0 Å². The second-order valence-electron chi connectivity index (χ2n) is 5.65. The van der Waals surface area contributed by atoms with Gasteiger partial charge in [0.2, 0.25) is 5.91 Å². The molecule has 0 heterocycles. The largest absolute Gasteiger partial charge is 0.327 e. The summed E-state index contributed by atoms with van der Waals surface area (Å²) in [5, 5.41) is 3.38. The fourth-order valence-electron chi connectivity index (χ4n) is 2.87. The molecule has 1 fully saturated rings. The van der Waals surface area contributed by atoms with Gasteiger partial charge in [0.25, 0.3) is 0 Å². The van der Waals surface area contributed by atoms with E-state index in [0.29, 0.717) is 5.25 Å². The van der Waals surface area contributed by atoms with E-state index in [1.54, 1.807) is 0 Å². The molecule has 3 nitrogen and oxygen atoms in total. The lowest BCUT2D eigenvalue weighted by atomic mass is 10.0. The predicted octanol–water partition coefficient (Wildman–Crippen LogP) is 3.52. The zero-order chi connectivity index (χ0) is 15.4. The van der Waals surface area contributed by atoms with Gasteiger partial charge in [-0.3, -0.25) is 4.79 Å². The van der Waals surface area contributed by atoms with Gasteiger partial charge in [0, 0.05) is 21.9 Å². The van der Waals surface area contributed by atoms with Crippen molar-refractivity contribution in [1.82, 2.24) is 0 Å². The summed E-state index contributed by atoms with van der Waals surface area (Å²) < 4.78 is 0. The number of para-hydroxylation sites is 1. The molecule has 3 atom stereocenters. The summed E-state index contributed by atoms with van der Waals surface area (Å²) >= 11 is 1.82. The minimum absolute atomic E-state index is 0.0369. The van der Waals surface area contributed by atoms with Crippen molar-refractivity contribution in [2.45, 2.75) is 29.0 Å². The van der Waals surface area contributed by atoms with Crippen molar-refractivity contribution >= 4 is 23.4 Å². The Morgan fingerprint density at radius 3 is 2.32 bits per heavy atom. The summed E-state index contributed by atoms with van der Waals surface area (Å²) in [6.07, 6.45) is 1.71. The molecule has 0 aromatic heterocycles. The molecule has 0 aliphatic heterocycles. The van der Waals surface area contributed by atoms with Crippen molar-refractivity contribution in [3.63, 3.8) is 0 Å². The normalized spacial score (nSPS) is 24.1. The molecule has 4 heteroatoms. The Balaban J connectivity index is 1.60. The molecule has 1 aliphatic rings. The lowest BCUT2D eigenvalue weighted by Gasteiger charge is -2.14. The summed E-state index contributed by atoms with van der Waals surface area (Å²) in [5.41, 5.74) is 7.04. The predicted molar refractivity (Wildman–Crippen MR) is 91.9 cm³/mol. The molecular formula is C18H20N2OS. The number of benzene rings is 2. The molecule has 0 spiro atoms. The van der Waals surface area contributed by atoms with Crippen LogP contribution in [0.15, 0.2) is 65.6 Å². The maximum atomic E-state index is 12.4. The molecule has 1 amide bonds. The highest BCUT2D eigenvalue weighted by Gasteiger charge is 2.37. The van der Waals surface area contributed by atoms with Gasteiger partial charge in [-0.2, -0.15) is 0 Å². The van der Waals surface area contributed by atoms with Gasteiger partial charge in [0.15, 0.2) is 0 Å². The molecule has 3 N–H and O–H groups in total. The van der Waals surface area contributed by atoms with E-state index in [4.69, 9.17) is 5.73 Å². The van der Waals surface area contributed by atoms with Gasteiger partial charge < -0.3 is 11.1 Å². The summed E-state index contributed by atoms with van der Waals surface area (Å²) in [6.45, 7) is 0. The Morgan fingerprint density at radius 1 is 1.00 bits per heavy atom. The van der Waals surface area contributed by atoms with E-state index in [-0.39, 0.29) is 17.9 Å². The van der Waals surface area contributed by atoms with Crippen LogP contribution in [-0.2, 0) is 4.79 Å². The van der Waals surface area contributed by atoms with E-state index >= 15 is 0 Å². The van der Waals surface area contributed by atoms with E-state index in [9.17, 15) is 4.79 Å². The van der Waals surface area contributed by atoms with Gasteiger partial charge in [-0.05, 0) is 37.1 Å². The highest BCUT2D eigenvalue weighted by atomic mass is 32.2. The van der Waals surface area contributed by atoms with Crippen LogP contribution in [0.5, 0.6) is 0 Å². The lowest BCUT2D eigenvalue weighted by Crippen LogP contribution is -2.34. The molecule has 2 aromatic carbocycles. The van der Waals surface area contributed by atoms with Crippen LogP contribution < -0.4 is 11.1 Å². The Labute approximate surface area is 135 Å². The standard InChI is InChI=1S/C18H20N2OS/c19-17-12-15(22-14-9-5-2-6-10-14)11-16(17)18(21)20-13-7-3-1-4-8-13/h1-10,15-17H,11-12,19H2,(H,20,21). The summed E-state index contributed by atoms with van der Waals surface area (Å²) in [4.78, 5) is 13.7. The molecule has 3 unspecified atom stereocenters. The van der Waals surface area contributed by atoms with Crippen molar-refractivity contribution in [1.29, 1.82) is 0 Å². The molecule has 1 aliphatic carbocycles. The fourth-order valence-corrected chi connectivity index (χ4v) is 4.19. The molecule has 1 saturated carbocycles. The first kappa shape index (κ1) is 15.1. The summed E-state index contributed by atoms with van der Waals surface area (Å²) in [5.74, 6) is -0.0729. The summed E-state index contributed by atoms with van der Waals surface area (Å²) in [6, 6.07) is 19.8. The third-order valence-corrected chi connectivity index (χ3v) is 5.26. The van der Waals surface area contributed by atoms with Crippen molar-refractivity contribution in [2.75, 3.05) is 5.32 Å².